The second kappa shape index (κ2) is 12.3. The highest BCUT2D eigenvalue weighted by Gasteiger charge is 2.34. The van der Waals surface area contributed by atoms with Crippen LogP contribution in [-0.4, -0.2) is 76.8 Å². The van der Waals surface area contributed by atoms with E-state index >= 15 is 0 Å². The van der Waals surface area contributed by atoms with Gasteiger partial charge in [-0.1, -0.05) is 31.6 Å². The smallest absolute Gasteiger partial charge is 0.317 e. The Bertz CT molecular complexity index is 948. The molecule has 0 spiro atoms. The van der Waals surface area contributed by atoms with E-state index in [9.17, 15) is 14.7 Å². The number of amides is 3. The number of hydrogen-bond donors (Lipinski definition) is 2. The van der Waals surface area contributed by atoms with Gasteiger partial charge in [-0.05, 0) is 45.6 Å². The maximum Gasteiger partial charge on any atom is 0.317 e. The molecule has 1 aromatic heterocycles. The monoisotopic (exact) mass is 484 g/mol. The molecule has 0 bridgehead atoms. The molecule has 35 heavy (non-hydrogen) atoms. The molecule has 3 amide bonds. The van der Waals surface area contributed by atoms with E-state index in [0.717, 1.165) is 6.42 Å². The number of aliphatic hydroxyl groups is 1. The maximum absolute atomic E-state index is 13.5. The number of urea groups is 1. The van der Waals surface area contributed by atoms with E-state index in [2.05, 4.69) is 22.1 Å². The molecule has 0 aromatic carbocycles. The Hall–Kier alpha value is -2.79. The van der Waals surface area contributed by atoms with E-state index in [4.69, 9.17) is 4.74 Å². The summed E-state index contributed by atoms with van der Waals surface area (Å²) in [5.41, 5.74) is 1.01. The van der Waals surface area contributed by atoms with Gasteiger partial charge in [0.2, 0.25) is 5.88 Å². The van der Waals surface area contributed by atoms with Crippen LogP contribution in [0.25, 0.3) is 0 Å². The van der Waals surface area contributed by atoms with Crippen molar-refractivity contribution in [1.29, 1.82) is 0 Å². The molecule has 3 rings (SSSR count). The highest BCUT2D eigenvalue weighted by molar-refractivity contribution is 5.97. The highest BCUT2D eigenvalue weighted by Crippen LogP contribution is 2.28. The van der Waals surface area contributed by atoms with Crippen LogP contribution in [0.5, 0.6) is 5.88 Å². The molecule has 1 saturated carbocycles. The number of likely N-dealkylation sites (N-methyl/N-ethyl adjacent to an activating group) is 1. The van der Waals surface area contributed by atoms with Crippen molar-refractivity contribution in [3.05, 3.63) is 23.4 Å². The Kier molecular flexibility index (Phi) is 9.39. The molecule has 0 unspecified atom stereocenters. The number of rotatable bonds is 6. The Morgan fingerprint density at radius 2 is 2.06 bits per heavy atom. The van der Waals surface area contributed by atoms with Crippen molar-refractivity contribution in [3.63, 3.8) is 0 Å². The van der Waals surface area contributed by atoms with E-state index in [0.29, 0.717) is 30.1 Å². The molecule has 1 fully saturated rings. The molecular weight excluding hydrogens is 444 g/mol. The SMILES string of the molecule is CC(C)NC(=O)N(C)C[C@@H]1Oc2ncc(C#CCC3CCCC3)cc2C(=O)N([C@H](C)CO)C[C@H]1C. The van der Waals surface area contributed by atoms with Crippen LogP contribution in [0, 0.1) is 23.7 Å². The molecule has 0 saturated heterocycles. The molecule has 2 N–H and O–H groups in total. The van der Waals surface area contributed by atoms with Crippen LogP contribution in [0.1, 0.15) is 75.7 Å². The second-order valence-electron chi connectivity index (χ2n) is 10.3. The van der Waals surface area contributed by atoms with Crippen LogP contribution < -0.4 is 10.1 Å². The van der Waals surface area contributed by atoms with Crippen molar-refractivity contribution in [2.45, 2.75) is 78.0 Å². The summed E-state index contributed by atoms with van der Waals surface area (Å²) in [7, 11) is 1.73. The summed E-state index contributed by atoms with van der Waals surface area (Å²) in [6.07, 6.45) is 7.16. The van der Waals surface area contributed by atoms with Crippen LogP contribution in [0.2, 0.25) is 0 Å². The van der Waals surface area contributed by atoms with Crippen LogP contribution in [-0.2, 0) is 0 Å². The molecule has 192 valence electrons. The van der Waals surface area contributed by atoms with E-state index in [1.807, 2.05) is 27.7 Å². The van der Waals surface area contributed by atoms with Crippen LogP contribution in [0.15, 0.2) is 12.3 Å². The van der Waals surface area contributed by atoms with Gasteiger partial charge >= 0.3 is 6.03 Å². The van der Waals surface area contributed by atoms with Gasteiger partial charge in [0.1, 0.15) is 11.7 Å². The number of fused-ring (bicyclic) bond motifs is 1. The van der Waals surface area contributed by atoms with E-state index in [-0.39, 0.29) is 48.5 Å². The zero-order valence-corrected chi connectivity index (χ0v) is 21.7. The minimum absolute atomic E-state index is 0.0229. The number of ether oxygens (including phenoxy) is 1. The molecule has 8 nitrogen and oxygen atoms in total. The number of aromatic nitrogens is 1. The van der Waals surface area contributed by atoms with Crippen LogP contribution >= 0.6 is 0 Å². The first kappa shape index (κ1) is 26.8. The molecule has 2 heterocycles. The lowest BCUT2D eigenvalue weighted by Gasteiger charge is -2.37. The first-order chi connectivity index (χ1) is 16.7. The summed E-state index contributed by atoms with van der Waals surface area (Å²) in [6.45, 7) is 8.20. The third-order valence-corrected chi connectivity index (χ3v) is 6.83. The molecule has 8 heteroatoms. The molecule has 2 aliphatic rings. The number of hydrogen-bond acceptors (Lipinski definition) is 5. The molecule has 1 aromatic rings. The standard InChI is InChI=1S/C27H40N4O4/c1-18(2)29-27(34)30(5)16-24-19(3)15-31(20(4)17-32)26(33)23-13-22(14-28-25(23)35-24)12-8-11-21-9-6-7-10-21/h13-14,18-21,24,32H,6-7,9-11,15-17H2,1-5H3,(H,29,34)/t19-,20-,24+/m1/s1. The average molecular weight is 485 g/mol. The van der Waals surface area contributed by atoms with Gasteiger partial charge in [-0.3, -0.25) is 4.79 Å². The van der Waals surface area contributed by atoms with Crippen LogP contribution in [0.4, 0.5) is 4.79 Å². The summed E-state index contributed by atoms with van der Waals surface area (Å²) >= 11 is 0. The van der Waals surface area contributed by atoms with Gasteiger partial charge < -0.3 is 25.0 Å². The summed E-state index contributed by atoms with van der Waals surface area (Å²) in [5, 5.41) is 12.7. The lowest BCUT2D eigenvalue weighted by molar-refractivity contribution is 0.0351. The topological polar surface area (TPSA) is 95.0 Å². The number of aliphatic hydroxyl groups excluding tert-OH is 1. The minimum atomic E-state index is -0.384. The third-order valence-electron chi connectivity index (χ3n) is 6.83. The Labute approximate surface area is 209 Å². The average Bonchev–Trinajstić information content (AvgIpc) is 3.34. The van der Waals surface area contributed by atoms with Crippen molar-refractivity contribution in [2.75, 3.05) is 26.7 Å². The van der Waals surface area contributed by atoms with Crippen molar-refractivity contribution in [3.8, 4) is 17.7 Å². The largest absolute Gasteiger partial charge is 0.472 e. The predicted molar refractivity (Wildman–Crippen MR) is 135 cm³/mol. The van der Waals surface area contributed by atoms with Gasteiger partial charge in [-0.2, -0.15) is 0 Å². The summed E-state index contributed by atoms with van der Waals surface area (Å²) in [4.78, 5) is 33.7. The summed E-state index contributed by atoms with van der Waals surface area (Å²) < 4.78 is 6.26. The molecule has 1 aliphatic carbocycles. The van der Waals surface area contributed by atoms with E-state index < -0.39 is 0 Å². The van der Waals surface area contributed by atoms with Crippen molar-refractivity contribution in [1.82, 2.24) is 20.1 Å². The zero-order chi connectivity index (χ0) is 25.5. The van der Waals surface area contributed by atoms with Gasteiger partial charge in [0.05, 0.1) is 19.2 Å². The fourth-order valence-electron chi connectivity index (χ4n) is 4.61. The number of pyridine rings is 1. The number of carbonyl (C=O) groups excluding carboxylic acids is 2. The minimum Gasteiger partial charge on any atom is -0.472 e. The number of carbonyl (C=O) groups is 2. The summed E-state index contributed by atoms with van der Waals surface area (Å²) in [6, 6.07) is 1.21. The van der Waals surface area contributed by atoms with Crippen LogP contribution in [0.3, 0.4) is 0 Å². The summed E-state index contributed by atoms with van der Waals surface area (Å²) in [5.74, 6) is 7.01. The maximum atomic E-state index is 13.5. The molecule has 0 radical (unpaired) electrons. The molecule has 1 aliphatic heterocycles. The first-order valence-electron chi connectivity index (χ1n) is 12.8. The Morgan fingerprint density at radius 1 is 1.34 bits per heavy atom. The van der Waals surface area contributed by atoms with Gasteiger partial charge in [-0.15, -0.1) is 0 Å². The van der Waals surface area contributed by atoms with Crippen molar-refractivity contribution >= 4 is 11.9 Å². The molecular formula is C27H40N4O4. The third kappa shape index (κ3) is 7.11. The number of nitrogens with one attached hydrogen (secondary N) is 1. The second-order valence-corrected chi connectivity index (χ2v) is 10.3. The normalized spacial score (nSPS) is 21.3. The Balaban J connectivity index is 1.87. The van der Waals surface area contributed by atoms with E-state index in [1.165, 1.54) is 25.7 Å². The fraction of sp³-hybridized carbons (Fsp3) is 0.667. The lowest BCUT2D eigenvalue weighted by Crippen LogP contribution is -2.51. The molecule has 3 atom stereocenters. The number of nitrogens with zero attached hydrogens (tertiary/aromatic N) is 3. The van der Waals surface area contributed by atoms with Gasteiger partial charge in [0.15, 0.2) is 0 Å². The predicted octanol–water partition coefficient (Wildman–Crippen LogP) is 3.28. The van der Waals surface area contributed by atoms with Crippen molar-refractivity contribution in [2.24, 2.45) is 11.8 Å². The first-order valence-corrected chi connectivity index (χ1v) is 12.8. The quantitative estimate of drug-likeness (QED) is 0.605. The zero-order valence-electron chi connectivity index (χ0n) is 21.7. The lowest BCUT2D eigenvalue weighted by atomic mass is 10.00. The van der Waals surface area contributed by atoms with E-state index in [1.54, 1.807) is 29.1 Å². The Morgan fingerprint density at radius 3 is 2.71 bits per heavy atom. The van der Waals surface area contributed by atoms with Gasteiger partial charge in [-0.25, -0.2) is 9.78 Å². The van der Waals surface area contributed by atoms with Gasteiger partial charge in [0.25, 0.3) is 5.91 Å². The van der Waals surface area contributed by atoms with Crippen molar-refractivity contribution < 1.29 is 19.4 Å². The highest BCUT2D eigenvalue weighted by atomic mass is 16.5. The van der Waals surface area contributed by atoms with Gasteiger partial charge in [0, 0.05) is 43.7 Å². The fourth-order valence-corrected chi connectivity index (χ4v) is 4.61.